The van der Waals surface area contributed by atoms with Crippen molar-refractivity contribution >= 4 is 16.9 Å². The predicted molar refractivity (Wildman–Crippen MR) is 129 cm³/mol. The summed E-state index contributed by atoms with van der Waals surface area (Å²) in [5.41, 5.74) is 1.10. The van der Waals surface area contributed by atoms with Crippen LogP contribution >= 0.6 is 0 Å². The van der Waals surface area contributed by atoms with Crippen LogP contribution in [0.2, 0.25) is 0 Å². The van der Waals surface area contributed by atoms with E-state index in [9.17, 15) is 9.59 Å². The predicted octanol–water partition coefficient (Wildman–Crippen LogP) is 4.94. The maximum atomic E-state index is 13.0. The number of methoxy groups -OCH3 is 1. The molecule has 7 heteroatoms. The average Bonchev–Trinajstić information content (AvgIpc) is 2.85. The zero-order valence-corrected chi connectivity index (χ0v) is 19.2. The molecule has 0 bridgehead atoms. The van der Waals surface area contributed by atoms with E-state index in [2.05, 4.69) is 0 Å². The Morgan fingerprint density at radius 2 is 1.62 bits per heavy atom. The lowest BCUT2D eigenvalue weighted by atomic mass is 10.2. The monoisotopic (exact) mass is 459 g/mol. The minimum atomic E-state index is -0.292. The molecule has 7 nitrogen and oxygen atoms in total. The fourth-order valence-corrected chi connectivity index (χ4v) is 3.44. The van der Waals surface area contributed by atoms with E-state index in [1.165, 1.54) is 0 Å². The molecule has 0 fully saturated rings. The molecule has 0 saturated heterocycles. The number of aryl methyl sites for hydroxylation is 1. The summed E-state index contributed by atoms with van der Waals surface area (Å²) in [6.07, 6.45) is 0. The molecule has 3 aromatic carbocycles. The van der Waals surface area contributed by atoms with Gasteiger partial charge in [-0.1, -0.05) is 30.3 Å². The molecule has 0 N–H and O–H groups in total. The average molecular weight is 459 g/mol. The van der Waals surface area contributed by atoms with Crippen LogP contribution in [0.5, 0.6) is 23.0 Å². The van der Waals surface area contributed by atoms with Crippen LogP contribution in [-0.2, 0) is 11.3 Å². The molecule has 0 spiro atoms. The van der Waals surface area contributed by atoms with Crippen molar-refractivity contribution in [2.75, 3.05) is 20.8 Å². The van der Waals surface area contributed by atoms with Crippen LogP contribution in [0.1, 0.15) is 11.3 Å². The molecular formula is C27H25NO6. The van der Waals surface area contributed by atoms with Crippen molar-refractivity contribution in [1.29, 1.82) is 0 Å². The Labute approximate surface area is 197 Å². The smallest absolute Gasteiger partial charge is 0.260 e. The standard InChI is InChI=1S/C27H25NO6/c1-18-27(34-21-11-9-20(31-3)10-12-21)26(30)23-14-13-22(15-24(23)33-18)32-17-25(29)28(2)16-19-7-5-4-6-8-19/h4-15H,16-17H2,1-3H3. The van der Waals surface area contributed by atoms with Crippen molar-refractivity contribution in [1.82, 2.24) is 4.90 Å². The lowest BCUT2D eigenvalue weighted by Crippen LogP contribution is -2.30. The Morgan fingerprint density at radius 3 is 2.32 bits per heavy atom. The van der Waals surface area contributed by atoms with Crippen molar-refractivity contribution in [3.63, 3.8) is 0 Å². The molecule has 34 heavy (non-hydrogen) atoms. The Bertz CT molecular complexity index is 1350. The minimum Gasteiger partial charge on any atom is -0.497 e. The third-order valence-corrected chi connectivity index (χ3v) is 5.32. The van der Waals surface area contributed by atoms with E-state index >= 15 is 0 Å². The van der Waals surface area contributed by atoms with E-state index in [-0.39, 0.29) is 23.7 Å². The number of likely N-dealkylation sites (N-methyl/N-ethyl adjacent to an activating group) is 1. The van der Waals surface area contributed by atoms with Gasteiger partial charge in [-0.2, -0.15) is 0 Å². The fraction of sp³-hybridized carbons (Fsp3) is 0.185. The van der Waals surface area contributed by atoms with Crippen LogP contribution in [-0.4, -0.2) is 31.6 Å². The highest BCUT2D eigenvalue weighted by Gasteiger charge is 2.16. The molecule has 0 atom stereocenters. The fourth-order valence-electron chi connectivity index (χ4n) is 3.44. The molecule has 1 aromatic heterocycles. The molecule has 4 aromatic rings. The summed E-state index contributed by atoms with van der Waals surface area (Å²) in [6.45, 7) is 2.03. The Hall–Kier alpha value is -4.26. The van der Waals surface area contributed by atoms with E-state index < -0.39 is 0 Å². The van der Waals surface area contributed by atoms with Crippen LogP contribution in [0.25, 0.3) is 11.0 Å². The lowest BCUT2D eigenvalue weighted by Gasteiger charge is -2.17. The number of hydrogen-bond donors (Lipinski definition) is 0. The first-order chi connectivity index (χ1) is 16.4. The minimum absolute atomic E-state index is 0.115. The van der Waals surface area contributed by atoms with Gasteiger partial charge in [0.25, 0.3) is 5.91 Å². The summed E-state index contributed by atoms with van der Waals surface area (Å²) in [4.78, 5) is 27.1. The number of carbonyl (C=O) groups is 1. The summed E-state index contributed by atoms with van der Waals surface area (Å²) in [7, 11) is 3.31. The SMILES string of the molecule is COc1ccc(Oc2c(C)oc3cc(OCC(=O)N(C)Cc4ccccc4)ccc3c2=O)cc1. The second-order valence-corrected chi connectivity index (χ2v) is 7.78. The van der Waals surface area contributed by atoms with Crippen LogP contribution in [0, 0.1) is 6.92 Å². The quantitative estimate of drug-likeness (QED) is 0.371. The number of ether oxygens (including phenoxy) is 3. The number of fused-ring (bicyclic) bond motifs is 1. The highest BCUT2D eigenvalue weighted by Crippen LogP contribution is 2.28. The molecule has 4 rings (SSSR count). The van der Waals surface area contributed by atoms with Crippen molar-refractivity contribution < 1.29 is 23.4 Å². The highest BCUT2D eigenvalue weighted by atomic mass is 16.5. The molecule has 0 aliphatic carbocycles. The number of rotatable bonds is 8. The summed E-state index contributed by atoms with van der Waals surface area (Å²) in [5.74, 6) is 1.90. The van der Waals surface area contributed by atoms with Gasteiger partial charge in [0, 0.05) is 19.7 Å². The Balaban J connectivity index is 1.46. The molecule has 0 aliphatic heterocycles. The van der Waals surface area contributed by atoms with E-state index in [1.807, 2.05) is 30.3 Å². The van der Waals surface area contributed by atoms with Gasteiger partial charge in [0.15, 0.2) is 6.61 Å². The van der Waals surface area contributed by atoms with E-state index in [1.54, 1.807) is 68.4 Å². The highest BCUT2D eigenvalue weighted by molar-refractivity contribution is 5.80. The molecule has 0 radical (unpaired) electrons. The lowest BCUT2D eigenvalue weighted by molar-refractivity contribution is -0.132. The first-order valence-corrected chi connectivity index (χ1v) is 10.7. The van der Waals surface area contributed by atoms with Gasteiger partial charge in [0.1, 0.15) is 28.6 Å². The van der Waals surface area contributed by atoms with Gasteiger partial charge in [-0.05, 0) is 48.9 Å². The van der Waals surface area contributed by atoms with Gasteiger partial charge in [-0.3, -0.25) is 9.59 Å². The van der Waals surface area contributed by atoms with Gasteiger partial charge < -0.3 is 23.5 Å². The number of nitrogens with zero attached hydrogens (tertiary/aromatic N) is 1. The zero-order chi connectivity index (χ0) is 24.1. The van der Waals surface area contributed by atoms with E-state index in [0.717, 1.165) is 5.56 Å². The third-order valence-electron chi connectivity index (χ3n) is 5.32. The van der Waals surface area contributed by atoms with Crippen LogP contribution in [0.3, 0.4) is 0 Å². The van der Waals surface area contributed by atoms with Crippen LogP contribution < -0.4 is 19.6 Å². The second-order valence-electron chi connectivity index (χ2n) is 7.78. The number of carbonyl (C=O) groups excluding carboxylic acids is 1. The molecule has 174 valence electrons. The van der Waals surface area contributed by atoms with Crippen molar-refractivity contribution in [3.05, 3.63) is 94.3 Å². The third kappa shape index (κ3) is 5.20. The normalized spacial score (nSPS) is 10.7. The van der Waals surface area contributed by atoms with Gasteiger partial charge in [-0.25, -0.2) is 0 Å². The Kier molecular flexibility index (Phi) is 6.82. The topological polar surface area (TPSA) is 78.2 Å². The van der Waals surface area contributed by atoms with Crippen LogP contribution in [0.15, 0.2) is 82.0 Å². The van der Waals surface area contributed by atoms with Gasteiger partial charge in [0.2, 0.25) is 11.2 Å². The molecule has 1 heterocycles. The molecule has 0 unspecified atom stereocenters. The maximum absolute atomic E-state index is 13.0. The number of benzene rings is 3. The maximum Gasteiger partial charge on any atom is 0.260 e. The zero-order valence-electron chi connectivity index (χ0n) is 19.2. The van der Waals surface area contributed by atoms with E-state index in [4.69, 9.17) is 18.6 Å². The van der Waals surface area contributed by atoms with Gasteiger partial charge >= 0.3 is 0 Å². The van der Waals surface area contributed by atoms with Crippen LogP contribution in [0.4, 0.5) is 0 Å². The first kappa shape index (κ1) is 22.9. The molecule has 0 saturated carbocycles. The second kappa shape index (κ2) is 10.1. The summed E-state index contributed by atoms with van der Waals surface area (Å²) >= 11 is 0. The summed E-state index contributed by atoms with van der Waals surface area (Å²) in [5, 5.41) is 0.356. The number of hydrogen-bond acceptors (Lipinski definition) is 6. The van der Waals surface area contributed by atoms with E-state index in [0.29, 0.717) is 40.5 Å². The largest absolute Gasteiger partial charge is 0.497 e. The molecular weight excluding hydrogens is 434 g/mol. The molecule has 0 aliphatic rings. The van der Waals surface area contributed by atoms with Gasteiger partial charge in [-0.15, -0.1) is 0 Å². The van der Waals surface area contributed by atoms with Crippen molar-refractivity contribution in [2.45, 2.75) is 13.5 Å². The summed E-state index contributed by atoms with van der Waals surface area (Å²) < 4.78 is 22.4. The Morgan fingerprint density at radius 1 is 0.941 bits per heavy atom. The van der Waals surface area contributed by atoms with Crippen molar-refractivity contribution in [3.8, 4) is 23.0 Å². The van der Waals surface area contributed by atoms with Gasteiger partial charge in [0.05, 0.1) is 12.5 Å². The first-order valence-electron chi connectivity index (χ1n) is 10.7. The number of amides is 1. The summed E-state index contributed by atoms with van der Waals surface area (Å²) in [6, 6.07) is 21.5. The molecule has 1 amide bonds. The van der Waals surface area contributed by atoms with Crippen molar-refractivity contribution in [2.24, 2.45) is 0 Å².